The highest BCUT2D eigenvalue weighted by molar-refractivity contribution is 5.82. The molecule has 0 saturated heterocycles. The molecular weight excluding hydrogens is 170 g/mol. The predicted octanol–water partition coefficient (Wildman–Crippen LogP) is -0.506. The van der Waals surface area contributed by atoms with Crippen LogP contribution in [0.15, 0.2) is 18.5 Å². The molecule has 0 aliphatic carbocycles. The quantitative estimate of drug-likeness (QED) is 0.660. The molecule has 1 heterocycles. The van der Waals surface area contributed by atoms with Gasteiger partial charge in [-0.2, -0.15) is 5.10 Å². The second-order valence-corrected chi connectivity index (χ2v) is 2.69. The monoisotopic (exact) mass is 183 g/mol. The molecule has 1 aromatic rings. The van der Waals surface area contributed by atoms with E-state index < -0.39 is 0 Å². The maximum absolute atomic E-state index is 11.5. The molecule has 5 nitrogen and oxygen atoms in total. The van der Waals surface area contributed by atoms with Gasteiger partial charge in [-0.1, -0.05) is 0 Å². The van der Waals surface area contributed by atoms with Gasteiger partial charge in [-0.25, -0.2) is 4.68 Å². The molecular formula is C8H13N3O2. The molecule has 5 heteroatoms. The number of carbonyl (C=O) groups excluding carboxylic acids is 1. The lowest BCUT2D eigenvalue weighted by Gasteiger charge is -2.10. The van der Waals surface area contributed by atoms with Crippen molar-refractivity contribution < 1.29 is 9.90 Å². The zero-order valence-electron chi connectivity index (χ0n) is 7.47. The Balaban J connectivity index is 2.48. The van der Waals surface area contributed by atoms with Gasteiger partial charge in [-0.3, -0.25) is 4.79 Å². The molecule has 13 heavy (non-hydrogen) atoms. The van der Waals surface area contributed by atoms with Crippen LogP contribution < -0.4 is 5.32 Å². The number of nitrogens with one attached hydrogen (secondary N) is 1. The van der Waals surface area contributed by atoms with Crippen molar-refractivity contribution >= 4 is 5.91 Å². The minimum atomic E-state index is -0.327. The molecule has 2 N–H and O–H groups in total. The van der Waals surface area contributed by atoms with Crippen LogP contribution in [0.1, 0.15) is 11.7 Å². The smallest absolute Gasteiger partial charge is 0.263 e. The van der Waals surface area contributed by atoms with Crippen molar-refractivity contribution in [2.75, 3.05) is 13.2 Å². The summed E-state index contributed by atoms with van der Waals surface area (Å²) < 4.78 is 1.27. The van der Waals surface area contributed by atoms with Crippen molar-refractivity contribution in [2.24, 2.45) is 0 Å². The van der Waals surface area contributed by atoms with Crippen molar-refractivity contribution in [1.82, 2.24) is 15.1 Å². The van der Waals surface area contributed by atoms with Gasteiger partial charge in [0, 0.05) is 18.9 Å². The predicted molar refractivity (Wildman–Crippen MR) is 47.4 cm³/mol. The topological polar surface area (TPSA) is 67.2 Å². The molecule has 0 radical (unpaired) electrons. The molecule has 72 valence electrons. The zero-order chi connectivity index (χ0) is 9.68. The van der Waals surface area contributed by atoms with E-state index in [0.29, 0.717) is 6.54 Å². The lowest BCUT2D eigenvalue weighted by molar-refractivity contribution is 0.0849. The van der Waals surface area contributed by atoms with E-state index in [4.69, 9.17) is 5.11 Å². The van der Waals surface area contributed by atoms with E-state index in [2.05, 4.69) is 10.4 Å². The SMILES string of the molecule is CC(NCCO)C(=O)n1cccn1. The maximum Gasteiger partial charge on any atom is 0.263 e. The second-order valence-electron chi connectivity index (χ2n) is 2.69. The Morgan fingerprint density at radius 1 is 1.77 bits per heavy atom. The van der Waals surface area contributed by atoms with Crippen LogP contribution in [0.3, 0.4) is 0 Å². The number of carbonyl (C=O) groups is 1. The van der Waals surface area contributed by atoms with E-state index in [-0.39, 0.29) is 18.6 Å². The van der Waals surface area contributed by atoms with Crippen LogP contribution in [0.4, 0.5) is 0 Å². The fourth-order valence-electron chi connectivity index (χ4n) is 0.966. The number of rotatable bonds is 4. The van der Waals surface area contributed by atoms with Gasteiger partial charge in [0.15, 0.2) is 0 Å². The Hall–Kier alpha value is -1.20. The van der Waals surface area contributed by atoms with Crippen molar-refractivity contribution in [3.05, 3.63) is 18.5 Å². The Labute approximate surface area is 76.4 Å². The molecule has 0 aromatic carbocycles. The van der Waals surface area contributed by atoms with Crippen molar-refractivity contribution in [3.8, 4) is 0 Å². The molecule has 1 rings (SSSR count). The first kappa shape index (κ1) is 9.88. The Morgan fingerprint density at radius 3 is 3.08 bits per heavy atom. The van der Waals surface area contributed by atoms with Crippen LogP contribution >= 0.6 is 0 Å². The number of hydrogen-bond acceptors (Lipinski definition) is 4. The van der Waals surface area contributed by atoms with E-state index in [1.165, 1.54) is 4.68 Å². The summed E-state index contributed by atoms with van der Waals surface area (Å²) in [4.78, 5) is 11.5. The number of aromatic nitrogens is 2. The lowest BCUT2D eigenvalue weighted by Crippen LogP contribution is -2.38. The highest BCUT2D eigenvalue weighted by Crippen LogP contribution is 1.90. The van der Waals surface area contributed by atoms with Crippen LogP contribution in [0.25, 0.3) is 0 Å². The zero-order valence-corrected chi connectivity index (χ0v) is 7.47. The first-order chi connectivity index (χ1) is 6.25. The molecule has 0 saturated carbocycles. The molecule has 0 aliphatic rings. The minimum Gasteiger partial charge on any atom is -0.395 e. The first-order valence-corrected chi connectivity index (χ1v) is 4.14. The molecule has 1 unspecified atom stereocenters. The average molecular weight is 183 g/mol. The van der Waals surface area contributed by atoms with Crippen LogP contribution in [-0.2, 0) is 0 Å². The third kappa shape index (κ3) is 2.64. The molecule has 0 aliphatic heterocycles. The van der Waals surface area contributed by atoms with Crippen LogP contribution in [-0.4, -0.2) is 40.0 Å². The highest BCUT2D eigenvalue weighted by Gasteiger charge is 2.13. The Morgan fingerprint density at radius 2 is 2.54 bits per heavy atom. The number of aliphatic hydroxyl groups is 1. The first-order valence-electron chi connectivity index (χ1n) is 4.14. The van der Waals surface area contributed by atoms with Gasteiger partial charge in [0.2, 0.25) is 0 Å². The van der Waals surface area contributed by atoms with E-state index in [1.807, 2.05) is 0 Å². The van der Waals surface area contributed by atoms with Gasteiger partial charge >= 0.3 is 0 Å². The second kappa shape index (κ2) is 4.74. The summed E-state index contributed by atoms with van der Waals surface area (Å²) in [5, 5.41) is 15.2. The number of aliphatic hydroxyl groups excluding tert-OH is 1. The van der Waals surface area contributed by atoms with E-state index in [0.717, 1.165) is 0 Å². The Bertz CT molecular complexity index is 258. The van der Waals surface area contributed by atoms with Gasteiger partial charge in [-0.05, 0) is 13.0 Å². The van der Waals surface area contributed by atoms with Gasteiger partial charge in [0.05, 0.1) is 12.6 Å². The third-order valence-corrected chi connectivity index (χ3v) is 1.66. The molecule has 0 bridgehead atoms. The fraction of sp³-hybridized carbons (Fsp3) is 0.500. The van der Waals surface area contributed by atoms with Crippen molar-refractivity contribution in [3.63, 3.8) is 0 Å². The minimum absolute atomic E-state index is 0.0245. The fourth-order valence-corrected chi connectivity index (χ4v) is 0.966. The molecule has 0 fully saturated rings. The summed E-state index contributed by atoms with van der Waals surface area (Å²) in [5.74, 6) is -0.126. The molecule has 0 spiro atoms. The van der Waals surface area contributed by atoms with Gasteiger partial charge < -0.3 is 10.4 Å². The largest absolute Gasteiger partial charge is 0.395 e. The van der Waals surface area contributed by atoms with Crippen molar-refractivity contribution in [2.45, 2.75) is 13.0 Å². The summed E-state index contributed by atoms with van der Waals surface area (Å²) >= 11 is 0. The highest BCUT2D eigenvalue weighted by atomic mass is 16.3. The molecule has 1 atom stereocenters. The summed E-state index contributed by atoms with van der Waals surface area (Å²) in [6.07, 6.45) is 3.15. The summed E-state index contributed by atoms with van der Waals surface area (Å²) in [5.41, 5.74) is 0. The van der Waals surface area contributed by atoms with Crippen LogP contribution in [0.5, 0.6) is 0 Å². The van der Waals surface area contributed by atoms with Gasteiger partial charge in [-0.15, -0.1) is 0 Å². The van der Waals surface area contributed by atoms with Crippen molar-refractivity contribution in [1.29, 1.82) is 0 Å². The van der Waals surface area contributed by atoms with E-state index >= 15 is 0 Å². The summed E-state index contributed by atoms with van der Waals surface area (Å²) in [6.45, 7) is 2.17. The average Bonchev–Trinajstić information content (AvgIpc) is 2.65. The normalized spacial score (nSPS) is 12.8. The lowest BCUT2D eigenvalue weighted by atomic mass is 10.3. The van der Waals surface area contributed by atoms with Crippen LogP contribution in [0.2, 0.25) is 0 Å². The summed E-state index contributed by atoms with van der Waals surface area (Å²) in [6, 6.07) is 1.36. The molecule has 0 amide bonds. The number of nitrogens with zero attached hydrogens (tertiary/aromatic N) is 2. The van der Waals surface area contributed by atoms with Gasteiger partial charge in [0.25, 0.3) is 5.91 Å². The molecule has 1 aromatic heterocycles. The third-order valence-electron chi connectivity index (χ3n) is 1.66. The van der Waals surface area contributed by atoms with E-state index in [1.54, 1.807) is 25.4 Å². The van der Waals surface area contributed by atoms with Crippen LogP contribution in [0, 0.1) is 0 Å². The maximum atomic E-state index is 11.5. The Kier molecular flexibility index (Phi) is 3.60. The standard InChI is InChI=1S/C8H13N3O2/c1-7(9-4-6-12)8(13)11-5-2-3-10-11/h2-3,5,7,9,12H,4,6H2,1H3. The number of hydrogen-bond donors (Lipinski definition) is 2. The summed E-state index contributed by atoms with van der Waals surface area (Å²) in [7, 11) is 0. The van der Waals surface area contributed by atoms with E-state index in [9.17, 15) is 4.79 Å². The van der Waals surface area contributed by atoms with Gasteiger partial charge in [0.1, 0.15) is 0 Å².